The Hall–Kier alpha value is -2.76. The molecule has 2 aromatic rings. The molecule has 6 heteroatoms. The number of allylic oxidation sites excluding steroid dienone is 2. The molecule has 6 nitrogen and oxygen atoms in total. The summed E-state index contributed by atoms with van der Waals surface area (Å²) >= 11 is 0. The number of fused-ring (bicyclic) bond motifs is 3. The molecular formula is C14H10N4O2. The van der Waals surface area contributed by atoms with Crippen LogP contribution in [0.25, 0.3) is 11.0 Å². The van der Waals surface area contributed by atoms with E-state index in [0.29, 0.717) is 11.0 Å². The molecule has 4 rings (SSSR count). The molecule has 2 N–H and O–H groups in total. The number of hydrogen-bond acceptors (Lipinski definition) is 4. The first-order valence-electron chi connectivity index (χ1n) is 6.28. The molecular weight excluding hydrogens is 256 g/mol. The van der Waals surface area contributed by atoms with Gasteiger partial charge in [0.05, 0.1) is 33.8 Å². The number of aromatic nitrogens is 2. The Kier molecular flexibility index (Phi) is 2.14. The molecule has 0 bridgehead atoms. The summed E-state index contributed by atoms with van der Waals surface area (Å²) in [6.45, 7) is 0. The summed E-state index contributed by atoms with van der Waals surface area (Å²) in [5.41, 5.74) is -0.214. The highest BCUT2D eigenvalue weighted by molar-refractivity contribution is 5.72. The molecule has 2 aliphatic rings. The summed E-state index contributed by atoms with van der Waals surface area (Å²) < 4.78 is 0. The summed E-state index contributed by atoms with van der Waals surface area (Å²) in [4.78, 5) is 37.1. The van der Waals surface area contributed by atoms with Gasteiger partial charge in [0.15, 0.2) is 0 Å². The number of hydrogen-bond donors (Lipinski definition) is 2. The lowest BCUT2D eigenvalue weighted by molar-refractivity contribution is 0.646. The van der Waals surface area contributed by atoms with Crippen molar-refractivity contribution in [1.29, 1.82) is 0 Å². The van der Waals surface area contributed by atoms with Gasteiger partial charge in [-0.25, -0.2) is 0 Å². The largest absolute Gasteiger partial charge is 0.316 e. The second-order valence-corrected chi connectivity index (χ2v) is 4.80. The van der Waals surface area contributed by atoms with Crippen LogP contribution in [0.3, 0.4) is 0 Å². The molecule has 20 heavy (non-hydrogen) atoms. The van der Waals surface area contributed by atoms with Crippen molar-refractivity contribution in [3.8, 4) is 0 Å². The Bertz CT molecular complexity index is 928. The minimum Gasteiger partial charge on any atom is -0.316 e. The fourth-order valence-electron chi connectivity index (χ4n) is 2.49. The van der Waals surface area contributed by atoms with Crippen LogP contribution in [0.4, 0.5) is 0 Å². The van der Waals surface area contributed by atoms with E-state index >= 15 is 0 Å². The van der Waals surface area contributed by atoms with Gasteiger partial charge >= 0.3 is 11.1 Å². The maximum absolute atomic E-state index is 11.4. The molecule has 1 aliphatic carbocycles. The third kappa shape index (κ3) is 1.58. The minimum absolute atomic E-state index is 0.000525. The van der Waals surface area contributed by atoms with Crippen LogP contribution >= 0.6 is 0 Å². The van der Waals surface area contributed by atoms with Crippen molar-refractivity contribution >= 4 is 11.0 Å². The van der Waals surface area contributed by atoms with Gasteiger partial charge < -0.3 is 9.97 Å². The van der Waals surface area contributed by atoms with E-state index < -0.39 is 11.1 Å². The lowest BCUT2D eigenvalue weighted by atomic mass is 10.0. The fourth-order valence-corrected chi connectivity index (χ4v) is 2.49. The van der Waals surface area contributed by atoms with E-state index in [4.69, 9.17) is 0 Å². The normalized spacial score (nSPS) is 22.8. The van der Waals surface area contributed by atoms with Crippen molar-refractivity contribution in [3.05, 3.63) is 67.9 Å². The van der Waals surface area contributed by atoms with Crippen molar-refractivity contribution in [3.63, 3.8) is 0 Å². The standard InChI is InChI=1S/C14H10N4O2/c19-13-14(20)18-12-6-10-9(5-11(12)17-13)15-7-3-1-2-4-8(7)16-10/h1-8H,(H,17,19)(H,18,20)/t7-,8-/m1/s1. The van der Waals surface area contributed by atoms with Crippen molar-refractivity contribution in [2.45, 2.75) is 12.1 Å². The molecule has 2 atom stereocenters. The number of rotatable bonds is 0. The second kappa shape index (κ2) is 3.86. The lowest BCUT2D eigenvalue weighted by Crippen LogP contribution is -2.39. The van der Waals surface area contributed by atoms with E-state index in [0.717, 1.165) is 10.7 Å². The van der Waals surface area contributed by atoms with E-state index in [1.54, 1.807) is 12.1 Å². The van der Waals surface area contributed by atoms with E-state index in [1.807, 2.05) is 24.3 Å². The Morgan fingerprint density at radius 2 is 1.25 bits per heavy atom. The number of H-pyrrole nitrogens is 2. The molecule has 98 valence electrons. The summed E-state index contributed by atoms with van der Waals surface area (Å²) in [5, 5.41) is 1.45. The smallest absolute Gasteiger partial charge is 0.314 e. The highest BCUT2D eigenvalue weighted by Gasteiger charge is 2.19. The minimum atomic E-state index is -0.663. The zero-order valence-electron chi connectivity index (χ0n) is 10.3. The Morgan fingerprint density at radius 1 is 0.800 bits per heavy atom. The van der Waals surface area contributed by atoms with Crippen molar-refractivity contribution in [1.82, 2.24) is 9.97 Å². The number of nitrogens with one attached hydrogen (secondary N) is 2. The van der Waals surface area contributed by atoms with E-state index in [-0.39, 0.29) is 12.1 Å². The summed E-state index contributed by atoms with van der Waals surface area (Å²) in [5.74, 6) is 0. The van der Waals surface area contributed by atoms with Gasteiger partial charge in [0.1, 0.15) is 0 Å². The Labute approximate surface area is 111 Å². The highest BCUT2D eigenvalue weighted by Crippen LogP contribution is 2.13. The first-order valence-corrected chi connectivity index (χ1v) is 6.28. The lowest BCUT2D eigenvalue weighted by Gasteiger charge is -2.19. The molecule has 2 heterocycles. The van der Waals surface area contributed by atoms with Crippen LogP contribution in [0.2, 0.25) is 0 Å². The molecule has 0 amide bonds. The maximum Gasteiger partial charge on any atom is 0.314 e. The maximum atomic E-state index is 11.4. The van der Waals surface area contributed by atoms with E-state index in [2.05, 4.69) is 20.0 Å². The van der Waals surface area contributed by atoms with Gasteiger partial charge in [-0.15, -0.1) is 0 Å². The molecule has 0 fully saturated rings. The number of benzene rings is 1. The summed E-state index contributed by atoms with van der Waals surface area (Å²) in [6.07, 6.45) is 7.89. The van der Waals surface area contributed by atoms with Gasteiger partial charge in [0, 0.05) is 0 Å². The second-order valence-electron chi connectivity index (χ2n) is 4.80. The van der Waals surface area contributed by atoms with Crippen LogP contribution in [0.1, 0.15) is 0 Å². The van der Waals surface area contributed by atoms with Crippen LogP contribution in [0.15, 0.2) is 56.0 Å². The van der Waals surface area contributed by atoms with Gasteiger partial charge in [-0.3, -0.25) is 19.6 Å². The molecule has 0 spiro atoms. The monoisotopic (exact) mass is 266 g/mol. The quantitative estimate of drug-likeness (QED) is 0.619. The van der Waals surface area contributed by atoms with Crippen LogP contribution < -0.4 is 21.8 Å². The SMILES string of the molecule is O=c1[nH]c2cc3c(cc2[nH]c1=O)=N[C@@H]1C=CC=C[C@H]1N=3. The van der Waals surface area contributed by atoms with Crippen LogP contribution in [-0.4, -0.2) is 22.1 Å². The molecule has 1 aromatic heterocycles. The van der Waals surface area contributed by atoms with Gasteiger partial charge in [-0.1, -0.05) is 24.3 Å². The molecule has 1 aliphatic heterocycles. The average Bonchev–Trinajstić information content (AvgIpc) is 2.44. The zero-order valence-corrected chi connectivity index (χ0v) is 10.3. The van der Waals surface area contributed by atoms with Crippen LogP contribution in [-0.2, 0) is 0 Å². The van der Waals surface area contributed by atoms with E-state index in [9.17, 15) is 9.59 Å². The Balaban J connectivity index is 2.08. The average molecular weight is 266 g/mol. The Morgan fingerprint density at radius 3 is 1.70 bits per heavy atom. The van der Waals surface area contributed by atoms with Gasteiger partial charge in [-0.2, -0.15) is 0 Å². The van der Waals surface area contributed by atoms with Crippen LogP contribution in [0, 0.1) is 0 Å². The van der Waals surface area contributed by atoms with Gasteiger partial charge in [0.2, 0.25) is 0 Å². The third-order valence-electron chi connectivity index (χ3n) is 3.47. The summed E-state index contributed by atoms with van der Waals surface area (Å²) in [7, 11) is 0. The topological polar surface area (TPSA) is 90.4 Å². The van der Waals surface area contributed by atoms with Gasteiger partial charge in [-0.05, 0) is 12.1 Å². The number of nitrogens with zero attached hydrogens (tertiary/aromatic N) is 2. The van der Waals surface area contributed by atoms with E-state index in [1.165, 1.54) is 0 Å². The predicted octanol–water partition coefficient (Wildman–Crippen LogP) is -0.668. The molecule has 0 radical (unpaired) electrons. The van der Waals surface area contributed by atoms with Crippen molar-refractivity contribution < 1.29 is 0 Å². The fraction of sp³-hybridized carbons (Fsp3) is 0.143. The third-order valence-corrected chi connectivity index (χ3v) is 3.47. The first kappa shape index (κ1) is 11.1. The van der Waals surface area contributed by atoms with Gasteiger partial charge in [0.25, 0.3) is 0 Å². The molecule has 0 unspecified atom stereocenters. The first-order chi connectivity index (χ1) is 9.70. The number of aromatic amines is 2. The predicted molar refractivity (Wildman–Crippen MR) is 73.4 cm³/mol. The van der Waals surface area contributed by atoms with Crippen LogP contribution in [0.5, 0.6) is 0 Å². The summed E-state index contributed by atoms with van der Waals surface area (Å²) in [6, 6.07) is 3.49. The molecule has 1 aromatic carbocycles. The molecule has 0 saturated heterocycles. The highest BCUT2D eigenvalue weighted by atomic mass is 16.2. The zero-order chi connectivity index (χ0) is 13.7. The van der Waals surface area contributed by atoms with Crippen molar-refractivity contribution in [2.24, 2.45) is 9.98 Å². The molecule has 0 saturated carbocycles. The van der Waals surface area contributed by atoms with Crippen molar-refractivity contribution in [2.75, 3.05) is 0 Å².